The highest BCUT2D eigenvalue weighted by atomic mass is 127. The van der Waals surface area contributed by atoms with Crippen LogP contribution in [-0.4, -0.2) is 28.8 Å². The Balaban J connectivity index is 0.00000385. The fourth-order valence-electron chi connectivity index (χ4n) is 3.15. The minimum Gasteiger partial charge on any atom is -0.382 e. The van der Waals surface area contributed by atoms with Crippen molar-refractivity contribution in [3.05, 3.63) is 77.0 Å². The van der Waals surface area contributed by atoms with Crippen molar-refractivity contribution in [3.63, 3.8) is 0 Å². The minimum absolute atomic E-state index is 0. The normalized spacial score (nSPS) is 10.9. The van der Waals surface area contributed by atoms with Crippen molar-refractivity contribution in [1.82, 2.24) is 20.4 Å². The maximum atomic E-state index is 13.8. The largest absolute Gasteiger partial charge is 0.382 e. The molecule has 1 heterocycles. The van der Waals surface area contributed by atoms with Crippen LogP contribution < -0.4 is 16.4 Å². The van der Waals surface area contributed by atoms with Gasteiger partial charge in [-0.05, 0) is 50.1 Å². The second-order valence-corrected chi connectivity index (χ2v) is 7.02. The minimum atomic E-state index is -0.362. The van der Waals surface area contributed by atoms with Gasteiger partial charge in [0.15, 0.2) is 5.96 Å². The van der Waals surface area contributed by atoms with Gasteiger partial charge < -0.3 is 16.4 Å². The van der Waals surface area contributed by atoms with Crippen molar-refractivity contribution in [1.29, 1.82) is 5.26 Å². The molecule has 0 atom stereocenters. The number of nitriles is 1. The number of hydrogen-bond donors (Lipinski definition) is 3. The number of aliphatic imine (C=N–C) groups is 1. The third-order valence-corrected chi connectivity index (χ3v) is 4.77. The number of aryl methyl sites for hydroxylation is 1. The number of benzene rings is 2. The van der Waals surface area contributed by atoms with Crippen molar-refractivity contribution in [2.45, 2.75) is 26.3 Å². The van der Waals surface area contributed by atoms with Gasteiger partial charge in [0.05, 0.1) is 17.9 Å². The Morgan fingerprint density at radius 3 is 2.55 bits per heavy atom. The van der Waals surface area contributed by atoms with E-state index >= 15 is 0 Å². The number of halogens is 3. The first kappa shape index (κ1) is 26.1. The molecular weight excluding hydrogens is 539 g/mol. The number of nitrogens with two attached hydrogens (primary N) is 1. The maximum absolute atomic E-state index is 13.8. The average Bonchev–Trinajstić information content (AvgIpc) is 3.11. The van der Waals surface area contributed by atoms with Gasteiger partial charge in [0, 0.05) is 18.7 Å². The number of hydrogen-bond acceptors (Lipinski definition) is 4. The number of aromatic nitrogens is 2. The molecule has 7 nitrogen and oxygen atoms in total. The first-order valence-electron chi connectivity index (χ1n) is 10.3. The molecule has 0 aliphatic rings. The summed E-state index contributed by atoms with van der Waals surface area (Å²) in [6, 6.07) is 14.4. The molecular formula is C23H26F2IN7. The molecule has 174 valence electrons. The van der Waals surface area contributed by atoms with Gasteiger partial charge in [-0.3, -0.25) is 0 Å². The summed E-state index contributed by atoms with van der Waals surface area (Å²) >= 11 is 0. The van der Waals surface area contributed by atoms with Crippen molar-refractivity contribution in [3.8, 4) is 11.8 Å². The molecule has 3 rings (SSSR count). The van der Waals surface area contributed by atoms with E-state index in [2.05, 4.69) is 26.8 Å². The van der Waals surface area contributed by atoms with Crippen LogP contribution in [0.3, 0.4) is 0 Å². The van der Waals surface area contributed by atoms with Crippen LogP contribution in [0.1, 0.15) is 30.2 Å². The number of nitrogens with one attached hydrogen (secondary N) is 2. The number of anilines is 1. The maximum Gasteiger partial charge on any atom is 0.191 e. The van der Waals surface area contributed by atoms with E-state index in [0.717, 1.165) is 0 Å². The predicted molar refractivity (Wildman–Crippen MR) is 136 cm³/mol. The fourth-order valence-corrected chi connectivity index (χ4v) is 3.15. The van der Waals surface area contributed by atoms with E-state index < -0.39 is 0 Å². The van der Waals surface area contributed by atoms with Crippen molar-refractivity contribution in [2.24, 2.45) is 4.99 Å². The topological polar surface area (TPSA) is 104 Å². The Morgan fingerprint density at radius 1 is 1.15 bits per heavy atom. The highest BCUT2D eigenvalue weighted by Crippen LogP contribution is 2.21. The van der Waals surface area contributed by atoms with Gasteiger partial charge in [-0.15, -0.1) is 24.0 Å². The van der Waals surface area contributed by atoms with Crippen LogP contribution in [-0.2, 0) is 13.0 Å². The molecule has 0 saturated carbocycles. The predicted octanol–water partition coefficient (Wildman–Crippen LogP) is 3.91. The lowest BCUT2D eigenvalue weighted by Gasteiger charge is -2.11. The first-order chi connectivity index (χ1) is 15.5. The molecule has 2 aromatic carbocycles. The molecule has 3 aromatic rings. The quantitative estimate of drug-likeness (QED) is 0.166. The Labute approximate surface area is 208 Å². The van der Waals surface area contributed by atoms with Crippen LogP contribution in [0.4, 0.5) is 14.6 Å². The summed E-state index contributed by atoms with van der Waals surface area (Å²) in [4.78, 5) is 4.42. The summed E-state index contributed by atoms with van der Waals surface area (Å²) in [6.45, 7) is 3.40. The number of rotatable bonds is 8. The molecule has 0 spiro atoms. The van der Waals surface area contributed by atoms with Crippen LogP contribution in [0.5, 0.6) is 0 Å². The molecule has 0 fully saturated rings. The number of guanidine groups is 1. The highest BCUT2D eigenvalue weighted by molar-refractivity contribution is 14.0. The van der Waals surface area contributed by atoms with Gasteiger partial charge in [-0.2, -0.15) is 10.4 Å². The summed E-state index contributed by atoms with van der Waals surface area (Å²) in [5.41, 5.74) is 8.08. The third-order valence-electron chi connectivity index (χ3n) is 4.77. The Bertz CT molecular complexity index is 1120. The molecule has 0 saturated heterocycles. The van der Waals surface area contributed by atoms with E-state index in [1.807, 2.05) is 6.92 Å². The summed E-state index contributed by atoms with van der Waals surface area (Å²) in [7, 11) is 0. The Morgan fingerprint density at radius 2 is 1.88 bits per heavy atom. The SMILES string of the molecule is CCNC(=NCc1ccccc1F)NCCCc1nn(-c2ccc(F)cc2)c(N)c1C#N.I. The van der Waals surface area contributed by atoms with Gasteiger partial charge in [-0.25, -0.2) is 18.5 Å². The lowest BCUT2D eigenvalue weighted by Crippen LogP contribution is -2.37. The zero-order valence-corrected chi connectivity index (χ0v) is 20.5. The van der Waals surface area contributed by atoms with Crippen LogP contribution in [0.15, 0.2) is 53.5 Å². The molecule has 0 amide bonds. The summed E-state index contributed by atoms with van der Waals surface area (Å²) < 4.78 is 28.4. The van der Waals surface area contributed by atoms with Gasteiger partial charge in [-0.1, -0.05) is 18.2 Å². The van der Waals surface area contributed by atoms with Gasteiger partial charge in [0.1, 0.15) is 29.1 Å². The molecule has 0 unspecified atom stereocenters. The lowest BCUT2D eigenvalue weighted by atomic mass is 10.1. The monoisotopic (exact) mass is 565 g/mol. The van der Waals surface area contributed by atoms with Crippen LogP contribution in [0.25, 0.3) is 5.69 Å². The molecule has 0 aliphatic carbocycles. The van der Waals surface area contributed by atoms with Gasteiger partial charge in [0.25, 0.3) is 0 Å². The van der Waals surface area contributed by atoms with Crippen molar-refractivity contribution < 1.29 is 8.78 Å². The summed E-state index contributed by atoms with van der Waals surface area (Å²) in [6.07, 6.45) is 1.18. The van der Waals surface area contributed by atoms with E-state index in [4.69, 9.17) is 5.73 Å². The first-order valence-corrected chi connectivity index (χ1v) is 10.3. The number of nitrogen functional groups attached to an aromatic ring is 1. The average molecular weight is 565 g/mol. The highest BCUT2D eigenvalue weighted by Gasteiger charge is 2.16. The number of nitrogens with zero attached hydrogens (tertiary/aromatic N) is 4. The summed E-state index contributed by atoms with van der Waals surface area (Å²) in [5, 5.41) is 20.3. The Kier molecular flexibility index (Phi) is 10.1. The third kappa shape index (κ3) is 6.89. The molecule has 33 heavy (non-hydrogen) atoms. The zero-order chi connectivity index (χ0) is 22.9. The second kappa shape index (κ2) is 12.7. The van der Waals surface area contributed by atoms with Gasteiger partial charge >= 0.3 is 0 Å². The molecule has 0 aliphatic heterocycles. The smallest absolute Gasteiger partial charge is 0.191 e. The van der Waals surface area contributed by atoms with E-state index in [-0.39, 0.29) is 48.0 Å². The molecule has 4 N–H and O–H groups in total. The lowest BCUT2D eigenvalue weighted by molar-refractivity contribution is 0.610. The van der Waals surface area contributed by atoms with Crippen LogP contribution in [0, 0.1) is 23.0 Å². The standard InChI is InChI=1S/C23H25F2N7.HI/c1-2-28-23(30-15-16-6-3-4-7-20(16)25)29-13-5-8-21-19(14-26)22(27)32(31-21)18-11-9-17(24)10-12-18;/h3-4,6-7,9-12H,2,5,8,13,15,27H2,1H3,(H2,28,29,30);1H. The van der Waals surface area contributed by atoms with Crippen LogP contribution in [0.2, 0.25) is 0 Å². The van der Waals surface area contributed by atoms with Gasteiger partial charge in [0.2, 0.25) is 0 Å². The van der Waals surface area contributed by atoms with Crippen LogP contribution >= 0.6 is 24.0 Å². The van der Waals surface area contributed by atoms with E-state index in [0.29, 0.717) is 54.4 Å². The van der Waals surface area contributed by atoms with E-state index in [1.54, 1.807) is 30.3 Å². The fraction of sp³-hybridized carbons (Fsp3) is 0.261. The second-order valence-electron chi connectivity index (χ2n) is 7.02. The van der Waals surface area contributed by atoms with E-state index in [9.17, 15) is 14.0 Å². The molecule has 1 aromatic heterocycles. The summed E-state index contributed by atoms with van der Waals surface area (Å²) in [5.74, 6) is 0.152. The van der Waals surface area contributed by atoms with Crippen molar-refractivity contribution >= 4 is 35.8 Å². The molecule has 0 radical (unpaired) electrons. The zero-order valence-electron chi connectivity index (χ0n) is 18.2. The molecule has 10 heteroatoms. The Hall–Kier alpha value is -3.20. The van der Waals surface area contributed by atoms with E-state index in [1.165, 1.54) is 22.9 Å². The molecule has 0 bridgehead atoms. The van der Waals surface area contributed by atoms with Crippen molar-refractivity contribution in [2.75, 3.05) is 18.8 Å².